The molecule has 0 spiro atoms. The highest BCUT2D eigenvalue weighted by molar-refractivity contribution is 4.69. The Labute approximate surface area is 121 Å². The van der Waals surface area contributed by atoms with Crippen molar-refractivity contribution in [1.29, 1.82) is 0 Å². The van der Waals surface area contributed by atoms with Gasteiger partial charge in [-0.25, -0.2) is 0 Å². The predicted octanol–water partition coefficient (Wildman–Crippen LogP) is 3.29. The van der Waals surface area contributed by atoms with Crippen molar-refractivity contribution < 1.29 is 4.74 Å². The zero-order valence-electron chi connectivity index (χ0n) is 13.9. The van der Waals surface area contributed by atoms with Crippen LogP contribution in [-0.4, -0.2) is 50.3 Å². The Hall–Kier alpha value is -0.120. The highest BCUT2D eigenvalue weighted by Gasteiger charge is 2.12. The highest BCUT2D eigenvalue weighted by atomic mass is 16.5. The van der Waals surface area contributed by atoms with Gasteiger partial charge >= 0.3 is 0 Å². The summed E-state index contributed by atoms with van der Waals surface area (Å²) in [5.41, 5.74) is 0. The second-order valence-electron chi connectivity index (χ2n) is 5.49. The fourth-order valence-corrected chi connectivity index (χ4v) is 2.36. The number of nitrogens with one attached hydrogen (secondary N) is 1. The molecule has 2 unspecified atom stereocenters. The first kappa shape index (κ1) is 18.9. The molecule has 116 valence electrons. The summed E-state index contributed by atoms with van der Waals surface area (Å²) in [4.78, 5) is 2.57. The van der Waals surface area contributed by atoms with Gasteiger partial charge in [-0.05, 0) is 52.1 Å². The second kappa shape index (κ2) is 12.9. The van der Waals surface area contributed by atoms with Crippen LogP contribution in [0.2, 0.25) is 0 Å². The van der Waals surface area contributed by atoms with Gasteiger partial charge in [0.15, 0.2) is 0 Å². The number of rotatable bonds is 13. The standard InChI is InChI=1S/C16H36N2O/c1-6-11-17-16(8-3)10-9-12-18(13-14-19-5)15(4)7-2/h15-17H,6-14H2,1-5H3. The Morgan fingerprint density at radius 3 is 2.37 bits per heavy atom. The van der Waals surface area contributed by atoms with Gasteiger partial charge in [0.25, 0.3) is 0 Å². The van der Waals surface area contributed by atoms with Crippen LogP contribution >= 0.6 is 0 Å². The van der Waals surface area contributed by atoms with Crippen LogP contribution in [0.5, 0.6) is 0 Å². The van der Waals surface area contributed by atoms with Gasteiger partial charge in [0, 0.05) is 25.7 Å². The zero-order chi connectivity index (χ0) is 14.5. The van der Waals surface area contributed by atoms with Gasteiger partial charge in [0.1, 0.15) is 0 Å². The predicted molar refractivity (Wildman–Crippen MR) is 84.8 cm³/mol. The van der Waals surface area contributed by atoms with E-state index in [4.69, 9.17) is 4.74 Å². The van der Waals surface area contributed by atoms with Gasteiger partial charge in [-0.3, -0.25) is 4.90 Å². The molecule has 3 nitrogen and oxygen atoms in total. The molecule has 0 saturated carbocycles. The van der Waals surface area contributed by atoms with Gasteiger partial charge in [-0.2, -0.15) is 0 Å². The topological polar surface area (TPSA) is 24.5 Å². The van der Waals surface area contributed by atoms with Gasteiger partial charge in [-0.15, -0.1) is 0 Å². The van der Waals surface area contributed by atoms with Crippen molar-refractivity contribution in [3.63, 3.8) is 0 Å². The minimum Gasteiger partial charge on any atom is -0.383 e. The van der Waals surface area contributed by atoms with E-state index in [2.05, 4.69) is 37.9 Å². The van der Waals surface area contributed by atoms with Crippen LogP contribution in [0.25, 0.3) is 0 Å². The molecule has 1 N–H and O–H groups in total. The summed E-state index contributed by atoms with van der Waals surface area (Å²) in [7, 11) is 1.79. The van der Waals surface area contributed by atoms with Gasteiger partial charge in [0.2, 0.25) is 0 Å². The fraction of sp³-hybridized carbons (Fsp3) is 1.00. The summed E-state index contributed by atoms with van der Waals surface area (Å²) in [5.74, 6) is 0. The maximum absolute atomic E-state index is 5.21. The van der Waals surface area contributed by atoms with E-state index >= 15 is 0 Å². The van der Waals surface area contributed by atoms with Crippen LogP contribution in [-0.2, 0) is 4.74 Å². The van der Waals surface area contributed by atoms with E-state index in [0.717, 1.165) is 19.7 Å². The van der Waals surface area contributed by atoms with Crippen LogP contribution in [0.1, 0.15) is 59.8 Å². The molecule has 0 heterocycles. The molecule has 0 radical (unpaired) electrons. The van der Waals surface area contributed by atoms with Crippen LogP contribution in [0.3, 0.4) is 0 Å². The van der Waals surface area contributed by atoms with Crippen molar-refractivity contribution in [2.75, 3.05) is 33.4 Å². The lowest BCUT2D eigenvalue weighted by molar-refractivity contribution is 0.120. The first-order valence-electron chi connectivity index (χ1n) is 8.15. The molecule has 0 rings (SSSR count). The molecule has 0 fully saturated rings. The summed E-state index contributed by atoms with van der Waals surface area (Å²) in [6.07, 6.45) is 6.25. The maximum atomic E-state index is 5.21. The summed E-state index contributed by atoms with van der Waals surface area (Å²) in [6, 6.07) is 1.36. The Morgan fingerprint density at radius 1 is 1.11 bits per heavy atom. The minimum atomic E-state index is 0.666. The SMILES string of the molecule is CCCNC(CC)CCCN(CCOC)C(C)CC. The third-order valence-corrected chi connectivity index (χ3v) is 3.97. The number of hydrogen-bond acceptors (Lipinski definition) is 3. The molecule has 0 saturated heterocycles. The van der Waals surface area contributed by atoms with Gasteiger partial charge in [-0.1, -0.05) is 20.8 Å². The summed E-state index contributed by atoms with van der Waals surface area (Å²) in [6.45, 7) is 13.4. The normalized spacial score (nSPS) is 14.8. The van der Waals surface area contributed by atoms with Crippen molar-refractivity contribution in [2.45, 2.75) is 71.9 Å². The van der Waals surface area contributed by atoms with Crippen molar-refractivity contribution in [2.24, 2.45) is 0 Å². The number of ether oxygens (including phenoxy) is 1. The molecule has 0 aromatic rings. The van der Waals surface area contributed by atoms with E-state index in [0.29, 0.717) is 12.1 Å². The lowest BCUT2D eigenvalue weighted by Crippen LogP contribution is -2.37. The Morgan fingerprint density at radius 2 is 1.84 bits per heavy atom. The van der Waals surface area contributed by atoms with Crippen molar-refractivity contribution in [3.8, 4) is 0 Å². The highest BCUT2D eigenvalue weighted by Crippen LogP contribution is 2.08. The first-order chi connectivity index (χ1) is 9.19. The van der Waals surface area contributed by atoms with Crippen molar-refractivity contribution in [3.05, 3.63) is 0 Å². The van der Waals surface area contributed by atoms with E-state index in [-0.39, 0.29) is 0 Å². The molecule has 0 amide bonds. The molecule has 0 aliphatic rings. The molecule has 2 atom stereocenters. The maximum Gasteiger partial charge on any atom is 0.0589 e. The molecular formula is C16H36N2O. The number of methoxy groups -OCH3 is 1. The third kappa shape index (κ3) is 9.42. The summed E-state index contributed by atoms with van der Waals surface area (Å²) >= 11 is 0. The van der Waals surface area contributed by atoms with E-state index in [9.17, 15) is 0 Å². The average molecular weight is 272 g/mol. The van der Waals surface area contributed by atoms with Crippen LogP contribution in [0, 0.1) is 0 Å². The summed E-state index contributed by atoms with van der Waals surface area (Å²) in [5, 5.41) is 3.64. The molecule has 0 aromatic heterocycles. The first-order valence-corrected chi connectivity index (χ1v) is 8.15. The van der Waals surface area contributed by atoms with E-state index in [1.807, 2.05) is 0 Å². The molecule has 0 aromatic carbocycles. The van der Waals surface area contributed by atoms with E-state index in [1.165, 1.54) is 38.6 Å². The third-order valence-electron chi connectivity index (χ3n) is 3.97. The van der Waals surface area contributed by atoms with Crippen molar-refractivity contribution in [1.82, 2.24) is 10.2 Å². The second-order valence-corrected chi connectivity index (χ2v) is 5.49. The zero-order valence-corrected chi connectivity index (χ0v) is 13.9. The van der Waals surface area contributed by atoms with Gasteiger partial charge < -0.3 is 10.1 Å². The molecular weight excluding hydrogens is 236 g/mol. The number of hydrogen-bond donors (Lipinski definition) is 1. The summed E-state index contributed by atoms with van der Waals surface area (Å²) < 4.78 is 5.21. The smallest absolute Gasteiger partial charge is 0.0589 e. The lowest BCUT2D eigenvalue weighted by atomic mass is 10.1. The lowest BCUT2D eigenvalue weighted by Gasteiger charge is -2.28. The Kier molecular flexibility index (Phi) is 12.8. The number of nitrogens with zero attached hydrogens (tertiary/aromatic N) is 1. The molecule has 0 bridgehead atoms. The van der Waals surface area contributed by atoms with E-state index < -0.39 is 0 Å². The van der Waals surface area contributed by atoms with Crippen molar-refractivity contribution >= 4 is 0 Å². The van der Waals surface area contributed by atoms with Crippen LogP contribution in [0.15, 0.2) is 0 Å². The minimum absolute atomic E-state index is 0.666. The molecule has 3 heteroatoms. The van der Waals surface area contributed by atoms with Crippen LogP contribution in [0.4, 0.5) is 0 Å². The molecule has 19 heavy (non-hydrogen) atoms. The van der Waals surface area contributed by atoms with Crippen LogP contribution < -0.4 is 5.32 Å². The fourth-order valence-electron chi connectivity index (χ4n) is 2.36. The Balaban J connectivity index is 3.94. The average Bonchev–Trinajstić information content (AvgIpc) is 2.45. The molecule has 0 aliphatic heterocycles. The van der Waals surface area contributed by atoms with Gasteiger partial charge in [0.05, 0.1) is 6.61 Å². The molecule has 0 aliphatic carbocycles. The largest absolute Gasteiger partial charge is 0.383 e. The quantitative estimate of drug-likeness (QED) is 0.557. The Bertz CT molecular complexity index is 188. The van der Waals surface area contributed by atoms with E-state index in [1.54, 1.807) is 7.11 Å². The monoisotopic (exact) mass is 272 g/mol.